The predicted molar refractivity (Wildman–Crippen MR) is 49.5 cm³/mol. The molecule has 0 spiro atoms. The molecule has 0 aliphatic carbocycles. The van der Waals surface area contributed by atoms with E-state index in [0.717, 1.165) is 0 Å². The van der Waals surface area contributed by atoms with Crippen LogP contribution in [0.3, 0.4) is 0 Å². The Morgan fingerprint density at radius 1 is 1.15 bits per heavy atom. The molecule has 1 aromatic rings. The van der Waals surface area contributed by atoms with Gasteiger partial charge in [0, 0.05) is 0 Å². The molecule has 0 radical (unpaired) electrons. The lowest BCUT2D eigenvalue weighted by atomic mass is 10.1. The lowest BCUT2D eigenvalue weighted by Crippen LogP contribution is -2.17. The van der Waals surface area contributed by atoms with E-state index in [0.29, 0.717) is 25.5 Å². The lowest BCUT2D eigenvalue weighted by molar-refractivity contribution is 0.0624. The molecule has 1 aromatic carbocycles. The summed E-state index contributed by atoms with van der Waals surface area (Å²) in [6, 6.07) is 10.1. The number of benzene rings is 1. The highest BCUT2D eigenvalue weighted by Gasteiger charge is 2.07. The predicted octanol–water partition coefficient (Wildman–Crippen LogP) is 1.59. The third-order valence-corrected chi connectivity index (χ3v) is 1.81. The SMILES string of the molecule is c1ccc(CC2=NOCCO2)cc1. The van der Waals surface area contributed by atoms with Crippen LogP contribution in [-0.2, 0) is 16.0 Å². The Morgan fingerprint density at radius 2 is 2.00 bits per heavy atom. The Balaban J connectivity index is 2.01. The summed E-state index contributed by atoms with van der Waals surface area (Å²) < 4.78 is 5.31. The summed E-state index contributed by atoms with van der Waals surface area (Å²) in [5.41, 5.74) is 1.19. The summed E-state index contributed by atoms with van der Waals surface area (Å²) in [5.74, 6) is 0.664. The number of hydrogen-bond donors (Lipinski definition) is 0. The van der Waals surface area contributed by atoms with Crippen molar-refractivity contribution in [2.75, 3.05) is 13.2 Å². The summed E-state index contributed by atoms with van der Waals surface area (Å²) in [4.78, 5) is 4.92. The first kappa shape index (κ1) is 8.10. The smallest absolute Gasteiger partial charge is 0.230 e. The molecule has 13 heavy (non-hydrogen) atoms. The highest BCUT2D eigenvalue weighted by atomic mass is 16.7. The van der Waals surface area contributed by atoms with E-state index >= 15 is 0 Å². The number of rotatable bonds is 2. The van der Waals surface area contributed by atoms with Crippen LogP contribution in [0.4, 0.5) is 0 Å². The molecule has 1 heterocycles. The van der Waals surface area contributed by atoms with Crippen molar-refractivity contribution in [3.63, 3.8) is 0 Å². The molecule has 0 saturated heterocycles. The molecule has 0 amide bonds. The molecule has 0 saturated carbocycles. The van der Waals surface area contributed by atoms with Gasteiger partial charge in [0.1, 0.15) is 6.61 Å². The van der Waals surface area contributed by atoms with Crippen molar-refractivity contribution in [1.29, 1.82) is 0 Å². The van der Waals surface area contributed by atoms with Crippen molar-refractivity contribution >= 4 is 5.90 Å². The zero-order chi connectivity index (χ0) is 8.93. The van der Waals surface area contributed by atoms with Crippen molar-refractivity contribution in [2.45, 2.75) is 6.42 Å². The topological polar surface area (TPSA) is 30.8 Å². The van der Waals surface area contributed by atoms with Gasteiger partial charge in [-0.05, 0) is 5.56 Å². The maximum Gasteiger partial charge on any atom is 0.230 e. The molecule has 0 atom stereocenters. The van der Waals surface area contributed by atoms with E-state index in [1.54, 1.807) is 0 Å². The fraction of sp³-hybridized carbons (Fsp3) is 0.300. The highest BCUT2D eigenvalue weighted by Crippen LogP contribution is 2.04. The van der Waals surface area contributed by atoms with Crippen LogP contribution in [0, 0.1) is 0 Å². The summed E-state index contributed by atoms with van der Waals surface area (Å²) in [5, 5.41) is 3.82. The monoisotopic (exact) mass is 177 g/mol. The molecule has 2 rings (SSSR count). The van der Waals surface area contributed by atoms with Crippen LogP contribution in [0.15, 0.2) is 35.5 Å². The minimum Gasteiger partial charge on any atom is -0.475 e. The van der Waals surface area contributed by atoms with Gasteiger partial charge in [0.05, 0.1) is 6.42 Å². The Kier molecular flexibility index (Phi) is 2.45. The summed E-state index contributed by atoms with van der Waals surface area (Å²) in [7, 11) is 0. The van der Waals surface area contributed by atoms with Gasteiger partial charge < -0.3 is 9.57 Å². The number of nitrogens with zero attached hydrogens (tertiary/aromatic N) is 1. The molecule has 0 fully saturated rings. The van der Waals surface area contributed by atoms with Crippen LogP contribution >= 0.6 is 0 Å². The Hall–Kier alpha value is -1.51. The molecule has 0 unspecified atom stereocenters. The first-order valence-corrected chi connectivity index (χ1v) is 4.31. The molecule has 3 nitrogen and oxygen atoms in total. The summed E-state index contributed by atoms with van der Waals surface area (Å²) in [6.07, 6.45) is 0.709. The third kappa shape index (κ3) is 2.21. The van der Waals surface area contributed by atoms with E-state index < -0.39 is 0 Å². The number of oxime groups is 1. The average molecular weight is 177 g/mol. The van der Waals surface area contributed by atoms with Crippen molar-refractivity contribution in [3.8, 4) is 0 Å². The minimum atomic E-state index is 0.554. The molecule has 3 heteroatoms. The largest absolute Gasteiger partial charge is 0.475 e. The quantitative estimate of drug-likeness (QED) is 0.686. The molecule has 68 valence electrons. The van der Waals surface area contributed by atoms with Crippen molar-refractivity contribution < 1.29 is 9.57 Å². The average Bonchev–Trinajstić information content (AvgIpc) is 2.21. The van der Waals surface area contributed by atoms with E-state index in [1.165, 1.54) is 5.56 Å². The van der Waals surface area contributed by atoms with Gasteiger partial charge in [0.15, 0.2) is 6.61 Å². The zero-order valence-electron chi connectivity index (χ0n) is 7.27. The van der Waals surface area contributed by atoms with Crippen LogP contribution in [-0.4, -0.2) is 19.1 Å². The van der Waals surface area contributed by atoms with E-state index in [-0.39, 0.29) is 0 Å². The van der Waals surface area contributed by atoms with Gasteiger partial charge in [-0.2, -0.15) is 0 Å². The van der Waals surface area contributed by atoms with Gasteiger partial charge in [0.2, 0.25) is 5.90 Å². The van der Waals surface area contributed by atoms with Crippen LogP contribution in [0.1, 0.15) is 5.56 Å². The molecule has 0 N–H and O–H groups in total. The van der Waals surface area contributed by atoms with E-state index in [1.807, 2.05) is 30.3 Å². The van der Waals surface area contributed by atoms with Gasteiger partial charge >= 0.3 is 0 Å². The van der Waals surface area contributed by atoms with Gasteiger partial charge in [-0.3, -0.25) is 0 Å². The summed E-state index contributed by atoms with van der Waals surface area (Å²) in [6.45, 7) is 1.16. The molecule has 0 bridgehead atoms. The third-order valence-electron chi connectivity index (χ3n) is 1.81. The first-order valence-electron chi connectivity index (χ1n) is 4.31. The van der Waals surface area contributed by atoms with Gasteiger partial charge in [-0.25, -0.2) is 0 Å². The van der Waals surface area contributed by atoms with Crippen molar-refractivity contribution in [1.82, 2.24) is 0 Å². The van der Waals surface area contributed by atoms with Crippen molar-refractivity contribution in [3.05, 3.63) is 35.9 Å². The van der Waals surface area contributed by atoms with Crippen molar-refractivity contribution in [2.24, 2.45) is 5.16 Å². The maximum absolute atomic E-state index is 5.31. The van der Waals surface area contributed by atoms with E-state index in [2.05, 4.69) is 5.16 Å². The molecule has 0 aromatic heterocycles. The van der Waals surface area contributed by atoms with Crippen LogP contribution in [0.5, 0.6) is 0 Å². The Morgan fingerprint density at radius 3 is 2.69 bits per heavy atom. The first-order chi connectivity index (χ1) is 6.45. The zero-order valence-corrected chi connectivity index (χ0v) is 7.27. The minimum absolute atomic E-state index is 0.554. The molecular formula is C10H11NO2. The normalized spacial score (nSPS) is 15.5. The summed E-state index contributed by atoms with van der Waals surface area (Å²) >= 11 is 0. The maximum atomic E-state index is 5.31. The Labute approximate surface area is 77.0 Å². The fourth-order valence-electron chi connectivity index (χ4n) is 1.19. The van der Waals surface area contributed by atoms with Gasteiger partial charge in [0.25, 0.3) is 0 Å². The van der Waals surface area contributed by atoms with Crippen LogP contribution in [0.2, 0.25) is 0 Å². The van der Waals surface area contributed by atoms with Crippen LogP contribution in [0.25, 0.3) is 0 Å². The molecule has 1 aliphatic heterocycles. The fourth-order valence-corrected chi connectivity index (χ4v) is 1.19. The molecular weight excluding hydrogens is 166 g/mol. The van der Waals surface area contributed by atoms with Gasteiger partial charge in [-0.15, -0.1) is 0 Å². The second-order valence-corrected chi connectivity index (χ2v) is 2.83. The van der Waals surface area contributed by atoms with Crippen LogP contribution < -0.4 is 0 Å². The van der Waals surface area contributed by atoms with E-state index in [9.17, 15) is 0 Å². The highest BCUT2D eigenvalue weighted by molar-refractivity contribution is 5.78. The lowest BCUT2D eigenvalue weighted by Gasteiger charge is -2.12. The number of hydrogen-bond acceptors (Lipinski definition) is 3. The molecule has 1 aliphatic rings. The number of ether oxygens (including phenoxy) is 1. The standard InChI is InChI=1S/C10H11NO2/c1-2-4-9(5-3-1)8-10-11-13-7-6-12-10/h1-5H,6-8H2. The van der Waals surface area contributed by atoms with E-state index in [4.69, 9.17) is 9.57 Å². The second-order valence-electron chi connectivity index (χ2n) is 2.83. The van der Waals surface area contributed by atoms with Gasteiger partial charge in [-0.1, -0.05) is 35.5 Å². The second kappa shape index (κ2) is 3.94. The Bertz CT molecular complexity index is 295.